The van der Waals surface area contributed by atoms with Crippen molar-refractivity contribution in [1.82, 2.24) is 5.32 Å². The van der Waals surface area contributed by atoms with Crippen molar-refractivity contribution in [3.8, 4) is 5.75 Å². The van der Waals surface area contributed by atoms with E-state index in [9.17, 15) is 10.1 Å². The van der Waals surface area contributed by atoms with Crippen LogP contribution in [0.25, 0.3) is 0 Å². The summed E-state index contributed by atoms with van der Waals surface area (Å²) in [6.45, 7) is 5.29. The number of nitrogens with one attached hydrogen (secondary N) is 1. The Bertz CT molecular complexity index is 369. The van der Waals surface area contributed by atoms with E-state index in [2.05, 4.69) is 19.2 Å². The van der Waals surface area contributed by atoms with Gasteiger partial charge in [0.2, 0.25) is 0 Å². The smallest absolute Gasteiger partial charge is 0.310 e. The fourth-order valence-electron chi connectivity index (χ4n) is 1.34. The SMILES string of the molecule is CC[C@@H](C)NCCOc1ccccc1[N+](=O)[O-]. The molecule has 1 rings (SSSR count). The molecule has 0 aliphatic carbocycles. The Morgan fingerprint density at radius 2 is 2.18 bits per heavy atom. The lowest BCUT2D eigenvalue weighted by Crippen LogP contribution is -2.29. The van der Waals surface area contributed by atoms with E-state index in [0.29, 0.717) is 24.9 Å². The Balaban J connectivity index is 2.44. The molecule has 5 heteroatoms. The molecule has 0 amide bonds. The Morgan fingerprint density at radius 1 is 1.47 bits per heavy atom. The fraction of sp³-hybridized carbons (Fsp3) is 0.500. The van der Waals surface area contributed by atoms with Crippen molar-refractivity contribution in [1.29, 1.82) is 0 Å². The average molecular weight is 238 g/mol. The van der Waals surface area contributed by atoms with Crippen LogP contribution in [0.15, 0.2) is 24.3 Å². The molecular weight excluding hydrogens is 220 g/mol. The predicted octanol–water partition coefficient (Wildman–Crippen LogP) is 2.36. The predicted molar refractivity (Wildman–Crippen MR) is 66.3 cm³/mol. The van der Waals surface area contributed by atoms with Gasteiger partial charge in [-0.2, -0.15) is 0 Å². The Morgan fingerprint density at radius 3 is 2.82 bits per heavy atom. The summed E-state index contributed by atoms with van der Waals surface area (Å²) in [5.74, 6) is 0.323. The lowest BCUT2D eigenvalue weighted by atomic mass is 10.3. The van der Waals surface area contributed by atoms with Crippen LogP contribution in [0, 0.1) is 10.1 Å². The number of hydrogen-bond acceptors (Lipinski definition) is 4. The number of ether oxygens (including phenoxy) is 1. The highest BCUT2D eigenvalue weighted by Crippen LogP contribution is 2.25. The summed E-state index contributed by atoms with van der Waals surface area (Å²) in [5, 5.41) is 14.0. The van der Waals surface area contributed by atoms with Crippen LogP contribution in [0.4, 0.5) is 5.69 Å². The average Bonchev–Trinajstić information content (AvgIpc) is 2.34. The Labute approximate surface area is 101 Å². The number of hydrogen-bond donors (Lipinski definition) is 1. The minimum atomic E-state index is -0.433. The van der Waals surface area contributed by atoms with E-state index in [1.165, 1.54) is 6.07 Å². The molecule has 1 aromatic carbocycles. The summed E-state index contributed by atoms with van der Waals surface area (Å²) < 4.78 is 5.39. The van der Waals surface area contributed by atoms with Crippen LogP contribution in [0.5, 0.6) is 5.75 Å². The third kappa shape index (κ3) is 4.40. The third-order valence-electron chi connectivity index (χ3n) is 2.53. The highest BCUT2D eigenvalue weighted by molar-refractivity contribution is 5.45. The summed E-state index contributed by atoms with van der Waals surface area (Å²) in [6.07, 6.45) is 1.05. The third-order valence-corrected chi connectivity index (χ3v) is 2.53. The molecule has 0 bridgehead atoms. The zero-order valence-corrected chi connectivity index (χ0v) is 10.2. The largest absolute Gasteiger partial charge is 0.485 e. The van der Waals surface area contributed by atoms with Crippen molar-refractivity contribution in [2.45, 2.75) is 26.3 Å². The first kappa shape index (κ1) is 13.4. The first-order chi connectivity index (χ1) is 8.15. The van der Waals surface area contributed by atoms with E-state index in [4.69, 9.17) is 4.74 Å². The molecule has 0 spiro atoms. The van der Waals surface area contributed by atoms with Crippen molar-refractivity contribution in [3.63, 3.8) is 0 Å². The summed E-state index contributed by atoms with van der Waals surface area (Å²) in [6, 6.07) is 6.84. The quantitative estimate of drug-likeness (QED) is 0.450. The molecule has 0 aromatic heterocycles. The van der Waals surface area contributed by atoms with E-state index >= 15 is 0 Å². The minimum absolute atomic E-state index is 0.0102. The topological polar surface area (TPSA) is 64.4 Å². The van der Waals surface area contributed by atoms with Gasteiger partial charge in [0.15, 0.2) is 5.75 Å². The van der Waals surface area contributed by atoms with Gasteiger partial charge in [-0.3, -0.25) is 10.1 Å². The highest BCUT2D eigenvalue weighted by atomic mass is 16.6. The molecule has 0 heterocycles. The standard InChI is InChI=1S/C12H18N2O3/c1-3-10(2)13-8-9-17-12-7-5-4-6-11(12)14(15)16/h4-7,10,13H,3,8-9H2,1-2H3/t10-/m1/s1. The zero-order chi connectivity index (χ0) is 12.7. The molecule has 0 radical (unpaired) electrons. The van der Waals surface area contributed by atoms with Gasteiger partial charge in [0.1, 0.15) is 6.61 Å². The molecule has 5 nitrogen and oxygen atoms in total. The maximum atomic E-state index is 10.7. The molecule has 0 aliphatic heterocycles. The minimum Gasteiger partial charge on any atom is -0.485 e. The molecule has 1 atom stereocenters. The second-order valence-electron chi connectivity index (χ2n) is 3.84. The maximum Gasteiger partial charge on any atom is 0.310 e. The van der Waals surface area contributed by atoms with Gasteiger partial charge in [-0.05, 0) is 19.4 Å². The van der Waals surface area contributed by atoms with Gasteiger partial charge in [0, 0.05) is 18.7 Å². The molecule has 0 fully saturated rings. The highest BCUT2D eigenvalue weighted by Gasteiger charge is 2.12. The molecule has 0 saturated carbocycles. The van der Waals surface area contributed by atoms with Crippen molar-refractivity contribution in [2.75, 3.05) is 13.2 Å². The molecule has 0 aliphatic rings. The van der Waals surface area contributed by atoms with Gasteiger partial charge in [0.25, 0.3) is 0 Å². The van der Waals surface area contributed by atoms with Gasteiger partial charge in [-0.15, -0.1) is 0 Å². The van der Waals surface area contributed by atoms with Crippen molar-refractivity contribution < 1.29 is 9.66 Å². The van der Waals surface area contributed by atoms with Crippen molar-refractivity contribution in [2.24, 2.45) is 0 Å². The summed E-state index contributed by atoms with van der Waals surface area (Å²) in [4.78, 5) is 10.3. The van der Waals surface area contributed by atoms with Crippen LogP contribution in [0.2, 0.25) is 0 Å². The lowest BCUT2D eigenvalue weighted by Gasteiger charge is -2.11. The number of benzene rings is 1. The normalized spacial score (nSPS) is 12.1. The van der Waals surface area contributed by atoms with Crippen LogP contribution in [-0.2, 0) is 0 Å². The lowest BCUT2D eigenvalue weighted by molar-refractivity contribution is -0.385. The molecule has 17 heavy (non-hydrogen) atoms. The van der Waals surface area contributed by atoms with Crippen LogP contribution in [-0.4, -0.2) is 24.1 Å². The summed E-state index contributed by atoms with van der Waals surface area (Å²) in [7, 11) is 0. The van der Waals surface area contributed by atoms with Gasteiger partial charge in [-0.1, -0.05) is 19.1 Å². The van der Waals surface area contributed by atoms with Crippen molar-refractivity contribution in [3.05, 3.63) is 34.4 Å². The molecule has 1 N–H and O–H groups in total. The number of rotatable bonds is 7. The van der Waals surface area contributed by atoms with Crippen LogP contribution in [0.3, 0.4) is 0 Å². The zero-order valence-electron chi connectivity index (χ0n) is 10.2. The van der Waals surface area contributed by atoms with E-state index in [1.807, 2.05) is 0 Å². The molecule has 0 unspecified atom stereocenters. The molecule has 0 saturated heterocycles. The molecule has 1 aromatic rings. The maximum absolute atomic E-state index is 10.7. The second-order valence-corrected chi connectivity index (χ2v) is 3.84. The Hall–Kier alpha value is -1.62. The first-order valence-electron chi connectivity index (χ1n) is 5.74. The number of nitro benzene ring substituents is 1. The van der Waals surface area contributed by atoms with E-state index in [0.717, 1.165) is 6.42 Å². The van der Waals surface area contributed by atoms with E-state index < -0.39 is 4.92 Å². The van der Waals surface area contributed by atoms with Gasteiger partial charge >= 0.3 is 5.69 Å². The number of para-hydroxylation sites is 2. The van der Waals surface area contributed by atoms with Gasteiger partial charge in [-0.25, -0.2) is 0 Å². The monoisotopic (exact) mass is 238 g/mol. The van der Waals surface area contributed by atoms with Crippen LogP contribution >= 0.6 is 0 Å². The first-order valence-corrected chi connectivity index (χ1v) is 5.74. The van der Waals surface area contributed by atoms with Crippen molar-refractivity contribution >= 4 is 5.69 Å². The second kappa shape index (κ2) is 6.85. The Kier molecular flexibility index (Phi) is 5.42. The van der Waals surface area contributed by atoms with Crippen LogP contribution in [0.1, 0.15) is 20.3 Å². The van der Waals surface area contributed by atoms with Crippen LogP contribution < -0.4 is 10.1 Å². The van der Waals surface area contributed by atoms with Gasteiger partial charge < -0.3 is 10.1 Å². The molecule has 94 valence electrons. The van der Waals surface area contributed by atoms with E-state index in [-0.39, 0.29) is 5.69 Å². The number of nitro groups is 1. The van der Waals surface area contributed by atoms with Gasteiger partial charge in [0.05, 0.1) is 4.92 Å². The number of nitrogens with zero attached hydrogens (tertiary/aromatic N) is 1. The summed E-state index contributed by atoms with van der Waals surface area (Å²) in [5.41, 5.74) is 0.0102. The summed E-state index contributed by atoms with van der Waals surface area (Å²) >= 11 is 0. The fourth-order valence-corrected chi connectivity index (χ4v) is 1.34. The van der Waals surface area contributed by atoms with E-state index in [1.54, 1.807) is 18.2 Å². The molecular formula is C12H18N2O3.